The van der Waals surface area contributed by atoms with Gasteiger partial charge in [0, 0.05) is 10.6 Å². The summed E-state index contributed by atoms with van der Waals surface area (Å²) in [6, 6.07) is 6.54. The minimum absolute atomic E-state index is 0.315. The van der Waals surface area contributed by atoms with Crippen molar-refractivity contribution in [2.24, 2.45) is 0 Å². The molecule has 2 atom stereocenters. The molecule has 0 heterocycles. The van der Waals surface area contributed by atoms with Crippen molar-refractivity contribution in [2.75, 3.05) is 5.75 Å². The molecule has 0 bridgehead atoms. The average molecular weight is 258 g/mol. The van der Waals surface area contributed by atoms with Gasteiger partial charge in [-0.05, 0) is 30.4 Å². The number of aliphatic hydroxyl groups excluding tert-OH is 2. The van der Waals surface area contributed by atoms with Crippen LogP contribution < -0.4 is 0 Å². The highest BCUT2D eigenvalue weighted by Gasteiger charge is 2.20. The minimum Gasteiger partial charge on any atom is -0.390 e. The lowest BCUT2D eigenvalue weighted by Gasteiger charge is -2.18. The standard InChI is InChI=1S/C11H12ClNO2S/c12-8-2-1-7(6-13)9(5-8)11(15)10(14)3-4-16/h1-2,5,10-11,14-16H,3-4H2. The normalized spacial score (nSPS) is 14.2. The van der Waals surface area contributed by atoms with Gasteiger partial charge in [0.05, 0.1) is 17.7 Å². The molecule has 0 aliphatic heterocycles. The summed E-state index contributed by atoms with van der Waals surface area (Å²) in [6.45, 7) is 0. The Bertz CT molecular complexity index is 405. The lowest BCUT2D eigenvalue weighted by Crippen LogP contribution is -2.19. The van der Waals surface area contributed by atoms with Gasteiger partial charge in [-0.25, -0.2) is 0 Å². The van der Waals surface area contributed by atoms with E-state index in [4.69, 9.17) is 16.9 Å². The maximum absolute atomic E-state index is 9.86. The average Bonchev–Trinajstić information content (AvgIpc) is 2.28. The Kier molecular flexibility index (Phi) is 5.10. The summed E-state index contributed by atoms with van der Waals surface area (Å²) in [5.41, 5.74) is 0.666. The van der Waals surface area contributed by atoms with Crippen LogP contribution in [0, 0.1) is 11.3 Å². The van der Waals surface area contributed by atoms with E-state index < -0.39 is 12.2 Å². The van der Waals surface area contributed by atoms with E-state index in [9.17, 15) is 10.2 Å². The Morgan fingerprint density at radius 2 is 2.12 bits per heavy atom. The molecule has 0 radical (unpaired) electrons. The maximum Gasteiger partial charge on any atom is 0.106 e. The zero-order valence-corrected chi connectivity index (χ0v) is 10.1. The Hall–Kier alpha value is -0.730. The van der Waals surface area contributed by atoms with E-state index >= 15 is 0 Å². The summed E-state index contributed by atoms with van der Waals surface area (Å²) < 4.78 is 0. The Morgan fingerprint density at radius 3 is 2.69 bits per heavy atom. The van der Waals surface area contributed by atoms with Crippen LogP contribution in [0.15, 0.2) is 18.2 Å². The van der Waals surface area contributed by atoms with Crippen molar-refractivity contribution >= 4 is 24.2 Å². The molecule has 0 saturated heterocycles. The van der Waals surface area contributed by atoms with Crippen LogP contribution >= 0.6 is 24.2 Å². The molecule has 2 N–H and O–H groups in total. The second-order valence-electron chi connectivity index (χ2n) is 3.37. The minimum atomic E-state index is -1.11. The molecule has 5 heteroatoms. The highest BCUT2D eigenvalue weighted by molar-refractivity contribution is 7.80. The van der Waals surface area contributed by atoms with Crippen LogP contribution in [0.2, 0.25) is 5.02 Å². The number of hydrogen-bond donors (Lipinski definition) is 3. The molecular formula is C11H12ClNO2S. The number of nitriles is 1. The number of benzene rings is 1. The molecular weight excluding hydrogens is 246 g/mol. The summed E-state index contributed by atoms with van der Waals surface area (Å²) in [7, 11) is 0. The maximum atomic E-state index is 9.86. The predicted molar refractivity (Wildman–Crippen MR) is 65.6 cm³/mol. The quantitative estimate of drug-likeness (QED) is 0.722. The van der Waals surface area contributed by atoms with Crippen molar-refractivity contribution in [2.45, 2.75) is 18.6 Å². The number of nitrogens with zero attached hydrogens (tertiary/aromatic N) is 1. The van der Waals surface area contributed by atoms with E-state index in [2.05, 4.69) is 12.6 Å². The van der Waals surface area contributed by atoms with Crippen LogP contribution in [0.4, 0.5) is 0 Å². The second kappa shape index (κ2) is 6.12. The zero-order chi connectivity index (χ0) is 12.1. The smallest absolute Gasteiger partial charge is 0.106 e. The van der Waals surface area contributed by atoms with Crippen LogP contribution in [0.25, 0.3) is 0 Å². The molecule has 0 aromatic heterocycles. The Morgan fingerprint density at radius 1 is 1.44 bits per heavy atom. The largest absolute Gasteiger partial charge is 0.390 e. The van der Waals surface area contributed by atoms with Crippen LogP contribution in [-0.2, 0) is 0 Å². The molecule has 1 aromatic carbocycles. The van der Waals surface area contributed by atoms with Gasteiger partial charge in [0.25, 0.3) is 0 Å². The van der Waals surface area contributed by atoms with Crippen molar-refractivity contribution in [3.05, 3.63) is 34.3 Å². The van der Waals surface area contributed by atoms with Crippen molar-refractivity contribution < 1.29 is 10.2 Å². The van der Waals surface area contributed by atoms with Gasteiger partial charge >= 0.3 is 0 Å². The molecule has 0 aliphatic carbocycles. The molecule has 0 saturated carbocycles. The Labute approximate surface area is 105 Å². The number of hydrogen-bond acceptors (Lipinski definition) is 4. The van der Waals surface area contributed by atoms with Gasteiger partial charge in [-0.3, -0.25) is 0 Å². The van der Waals surface area contributed by atoms with Gasteiger partial charge in [-0.2, -0.15) is 17.9 Å². The molecule has 0 spiro atoms. The first-order chi connectivity index (χ1) is 7.60. The van der Waals surface area contributed by atoms with Gasteiger partial charge in [0.2, 0.25) is 0 Å². The van der Waals surface area contributed by atoms with Crippen LogP contribution in [0.3, 0.4) is 0 Å². The molecule has 0 aliphatic rings. The summed E-state index contributed by atoms with van der Waals surface area (Å²) >= 11 is 9.76. The third-order valence-corrected chi connectivity index (χ3v) is 2.74. The number of halogens is 1. The van der Waals surface area contributed by atoms with E-state index in [1.54, 1.807) is 6.07 Å². The fourth-order valence-corrected chi connectivity index (χ4v) is 1.82. The van der Waals surface area contributed by atoms with Crippen LogP contribution in [0.1, 0.15) is 23.7 Å². The topological polar surface area (TPSA) is 64.2 Å². The second-order valence-corrected chi connectivity index (χ2v) is 4.25. The van der Waals surface area contributed by atoms with E-state index in [1.807, 2.05) is 6.07 Å². The van der Waals surface area contributed by atoms with E-state index in [0.717, 1.165) is 0 Å². The lowest BCUT2D eigenvalue weighted by molar-refractivity contribution is 0.0171. The summed E-state index contributed by atoms with van der Waals surface area (Å²) in [5, 5.41) is 28.8. The highest BCUT2D eigenvalue weighted by Crippen LogP contribution is 2.25. The molecule has 0 amide bonds. The fourth-order valence-electron chi connectivity index (χ4n) is 1.38. The van der Waals surface area contributed by atoms with Gasteiger partial charge in [0.15, 0.2) is 0 Å². The number of rotatable bonds is 4. The first-order valence-corrected chi connectivity index (χ1v) is 5.77. The number of aliphatic hydroxyl groups is 2. The van der Waals surface area contributed by atoms with Gasteiger partial charge < -0.3 is 10.2 Å². The third-order valence-electron chi connectivity index (χ3n) is 2.24. The SMILES string of the molecule is N#Cc1ccc(Cl)cc1C(O)C(O)CCS. The monoisotopic (exact) mass is 257 g/mol. The number of thiol groups is 1. The van der Waals surface area contributed by atoms with Gasteiger partial charge in [-0.15, -0.1) is 0 Å². The molecule has 16 heavy (non-hydrogen) atoms. The summed E-state index contributed by atoms with van der Waals surface area (Å²) in [6.07, 6.45) is -1.70. The Balaban J connectivity index is 3.02. The molecule has 2 unspecified atom stereocenters. The van der Waals surface area contributed by atoms with E-state index in [-0.39, 0.29) is 0 Å². The molecule has 1 aromatic rings. The van der Waals surface area contributed by atoms with Gasteiger partial charge in [0.1, 0.15) is 6.10 Å². The van der Waals surface area contributed by atoms with Crippen molar-refractivity contribution in [1.82, 2.24) is 0 Å². The molecule has 1 rings (SSSR count). The van der Waals surface area contributed by atoms with Crippen molar-refractivity contribution in [1.29, 1.82) is 5.26 Å². The molecule has 3 nitrogen and oxygen atoms in total. The molecule has 86 valence electrons. The summed E-state index contributed by atoms with van der Waals surface area (Å²) in [5.74, 6) is 0.459. The van der Waals surface area contributed by atoms with E-state index in [1.165, 1.54) is 12.1 Å². The zero-order valence-electron chi connectivity index (χ0n) is 8.47. The lowest BCUT2D eigenvalue weighted by atomic mass is 9.98. The molecule has 0 fully saturated rings. The van der Waals surface area contributed by atoms with Crippen molar-refractivity contribution in [3.63, 3.8) is 0 Å². The third kappa shape index (κ3) is 3.13. The fraction of sp³-hybridized carbons (Fsp3) is 0.364. The predicted octanol–water partition coefficient (Wildman–Crippen LogP) is 1.93. The first-order valence-electron chi connectivity index (χ1n) is 4.76. The van der Waals surface area contributed by atoms with Gasteiger partial charge in [-0.1, -0.05) is 11.6 Å². The summed E-state index contributed by atoms with van der Waals surface area (Å²) in [4.78, 5) is 0. The van der Waals surface area contributed by atoms with Crippen LogP contribution in [0.5, 0.6) is 0 Å². The van der Waals surface area contributed by atoms with Crippen molar-refractivity contribution in [3.8, 4) is 6.07 Å². The highest BCUT2D eigenvalue weighted by atomic mass is 35.5. The van der Waals surface area contributed by atoms with Crippen LogP contribution in [-0.4, -0.2) is 22.1 Å². The first kappa shape index (κ1) is 13.3. The van der Waals surface area contributed by atoms with E-state index in [0.29, 0.717) is 28.3 Å².